The second kappa shape index (κ2) is 6.76. The molecule has 19 heavy (non-hydrogen) atoms. The van der Waals surface area contributed by atoms with Crippen LogP contribution in [0.2, 0.25) is 0 Å². The molecule has 0 saturated carbocycles. The van der Waals surface area contributed by atoms with Gasteiger partial charge in [0.15, 0.2) is 0 Å². The molecule has 112 valence electrons. The first-order valence-electron chi connectivity index (χ1n) is 6.89. The van der Waals surface area contributed by atoms with E-state index in [2.05, 4.69) is 10.0 Å². The summed E-state index contributed by atoms with van der Waals surface area (Å²) in [6.07, 6.45) is 5.35. The zero-order valence-electron chi connectivity index (χ0n) is 11.5. The molecule has 7 heteroatoms. The van der Waals surface area contributed by atoms with Gasteiger partial charge >= 0.3 is 0 Å². The molecule has 2 atom stereocenters. The van der Waals surface area contributed by atoms with E-state index in [9.17, 15) is 8.42 Å². The van der Waals surface area contributed by atoms with Gasteiger partial charge < -0.3 is 10.1 Å². The maximum absolute atomic E-state index is 10.9. The minimum Gasteiger partial charge on any atom is -0.374 e. The molecular weight excluding hydrogens is 284 g/mol. The van der Waals surface area contributed by atoms with Crippen LogP contribution in [-0.2, 0) is 14.8 Å². The van der Waals surface area contributed by atoms with E-state index in [0.717, 1.165) is 38.2 Å². The van der Waals surface area contributed by atoms with Crippen LogP contribution in [0.5, 0.6) is 0 Å². The van der Waals surface area contributed by atoms with E-state index in [4.69, 9.17) is 4.74 Å². The van der Waals surface area contributed by atoms with Gasteiger partial charge in [0.05, 0.1) is 11.9 Å². The predicted molar refractivity (Wildman–Crippen MR) is 79.1 cm³/mol. The predicted octanol–water partition coefficient (Wildman–Crippen LogP) is 0.570. The van der Waals surface area contributed by atoms with Gasteiger partial charge in [-0.05, 0) is 38.0 Å². The fourth-order valence-electron chi connectivity index (χ4n) is 2.72. The Morgan fingerprint density at radius 3 is 2.95 bits per heavy atom. The number of hydrogen-bond donors (Lipinski definition) is 2. The van der Waals surface area contributed by atoms with E-state index >= 15 is 0 Å². The molecule has 1 spiro atoms. The molecule has 2 heterocycles. The lowest BCUT2D eigenvalue weighted by Crippen LogP contribution is -2.47. The van der Waals surface area contributed by atoms with Gasteiger partial charge in [0.2, 0.25) is 10.0 Å². The second-order valence-corrected chi connectivity index (χ2v) is 8.44. The van der Waals surface area contributed by atoms with Gasteiger partial charge in [0, 0.05) is 24.9 Å². The molecule has 0 aliphatic carbocycles. The van der Waals surface area contributed by atoms with Crippen LogP contribution in [0, 0.1) is 0 Å². The van der Waals surface area contributed by atoms with Gasteiger partial charge in [0.1, 0.15) is 0 Å². The number of rotatable bonds is 6. The molecule has 2 unspecified atom stereocenters. The second-order valence-electron chi connectivity index (χ2n) is 5.50. The molecule has 2 fully saturated rings. The van der Waals surface area contributed by atoms with Crippen molar-refractivity contribution in [3.8, 4) is 0 Å². The highest BCUT2D eigenvalue weighted by Crippen LogP contribution is 2.38. The molecule has 0 aromatic carbocycles. The fourth-order valence-corrected chi connectivity index (χ4v) is 4.61. The first-order chi connectivity index (χ1) is 8.99. The Bertz CT molecular complexity index is 380. The maximum Gasteiger partial charge on any atom is 0.208 e. The number of sulfonamides is 1. The minimum atomic E-state index is -3.05. The Morgan fingerprint density at radius 1 is 1.42 bits per heavy atom. The van der Waals surface area contributed by atoms with E-state index in [1.54, 1.807) is 0 Å². The summed E-state index contributed by atoms with van der Waals surface area (Å²) in [5.41, 5.74) is 0.117. The van der Waals surface area contributed by atoms with Crippen molar-refractivity contribution in [1.82, 2.24) is 10.0 Å². The average molecular weight is 308 g/mol. The van der Waals surface area contributed by atoms with Crippen molar-refractivity contribution < 1.29 is 13.2 Å². The lowest BCUT2D eigenvalue weighted by molar-refractivity contribution is -0.0700. The van der Waals surface area contributed by atoms with Crippen LogP contribution in [0.15, 0.2) is 0 Å². The topological polar surface area (TPSA) is 67.4 Å². The normalized spacial score (nSPS) is 31.9. The van der Waals surface area contributed by atoms with E-state index in [1.165, 1.54) is 18.4 Å². The average Bonchev–Trinajstić information content (AvgIpc) is 2.75. The number of hydrogen-bond acceptors (Lipinski definition) is 5. The van der Waals surface area contributed by atoms with E-state index in [-0.39, 0.29) is 5.60 Å². The third kappa shape index (κ3) is 5.23. The summed E-state index contributed by atoms with van der Waals surface area (Å²) in [4.78, 5) is 0. The van der Waals surface area contributed by atoms with Gasteiger partial charge in [0.25, 0.3) is 0 Å². The summed E-state index contributed by atoms with van der Waals surface area (Å²) in [5, 5.41) is 3.53. The molecule has 0 aromatic heterocycles. The van der Waals surface area contributed by atoms with Crippen molar-refractivity contribution in [3.63, 3.8) is 0 Å². The summed E-state index contributed by atoms with van der Waals surface area (Å²) in [6.45, 7) is 2.21. The van der Waals surface area contributed by atoms with Crippen molar-refractivity contribution in [3.05, 3.63) is 0 Å². The van der Waals surface area contributed by atoms with Gasteiger partial charge in [-0.1, -0.05) is 0 Å². The Morgan fingerprint density at radius 2 is 2.26 bits per heavy atom. The third-order valence-electron chi connectivity index (χ3n) is 3.71. The third-order valence-corrected chi connectivity index (χ3v) is 5.66. The van der Waals surface area contributed by atoms with Crippen LogP contribution in [0.1, 0.15) is 25.7 Å². The summed E-state index contributed by atoms with van der Waals surface area (Å²) in [7, 11) is -3.05. The van der Waals surface area contributed by atoms with Crippen LogP contribution in [0.4, 0.5) is 0 Å². The minimum absolute atomic E-state index is 0.117. The smallest absolute Gasteiger partial charge is 0.208 e. The van der Waals surface area contributed by atoms with Crippen LogP contribution >= 0.6 is 11.8 Å². The number of ether oxygens (including phenoxy) is 1. The van der Waals surface area contributed by atoms with Crippen LogP contribution in [-0.4, -0.2) is 57.5 Å². The molecule has 2 rings (SSSR count). The zero-order valence-corrected chi connectivity index (χ0v) is 13.1. The zero-order chi connectivity index (χ0) is 13.8. The lowest BCUT2D eigenvalue weighted by atomic mass is 9.90. The van der Waals surface area contributed by atoms with Gasteiger partial charge in [-0.2, -0.15) is 11.8 Å². The Kier molecular flexibility index (Phi) is 5.54. The molecule has 2 aliphatic heterocycles. The molecule has 0 amide bonds. The molecule has 0 bridgehead atoms. The lowest BCUT2D eigenvalue weighted by Gasteiger charge is -2.38. The SMILES string of the molecule is CS(=O)(=O)NCCCNC1CCOC2(CCSC2)C1. The molecular formula is C12H24N2O3S2. The molecule has 2 saturated heterocycles. The Hall–Kier alpha value is 0.180. The standard InChI is InChI=1S/C12H24N2O3S2/c1-19(15,16)14-6-2-5-13-11-3-7-17-12(9-11)4-8-18-10-12/h11,13-14H,2-10H2,1H3. The summed E-state index contributed by atoms with van der Waals surface area (Å²) in [6, 6.07) is 0.519. The van der Waals surface area contributed by atoms with Gasteiger partial charge in [-0.25, -0.2) is 13.1 Å². The summed E-state index contributed by atoms with van der Waals surface area (Å²) in [5.74, 6) is 2.34. The van der Waals surface area contributed by atoms with Gasteiger partial charge in [-0.15, -0.1) is 0 Å². The highest BCUT2D eigenvalue weighted by atomic mass is 32.2. The Labute approximate surface area is 120 Å². The monoisotopic (exact) mass is 308 g/mol. The molecule has 2 N–H and O–H groups in total. The summed E-state index contributed by atoms with van der Waals surface area (Å²) >= 11 is 1.99. The quantitative estimate of drug-likeness (QED) is 0.702. The number of thioether (sulfide) groups is 1. The van der Waals surface area contributed by atoms with Crippen molar-refractivity contribution >= 4 is 21.8 Å². The van der Waals surface area contributed by atoms with Gasteiger partial charge in [-0.3, -0.25) is 0 Å². The molecule has 5 nitrogen and oxygen atoms in total. The van der Waals surface area contributed by atoms with Crippen LogP contribution in [0.25, 0.3) is 0 Å². The van der Waals surface area contributed by atoms with E-state index in [0.29, 0.717) is 12.6 Å². The van der Waals surface area contributed by atoms with E-state index < -0.39 is 10.0 Å². The van der Waals surface area contributed by atoms with Crippen LogP contribution < -0.4 is 10.0 Å². The summed E-state index contributed by atoms with van der Waals surface area (Å²) < 4.78 is 30.3. The van der Waals surface area contributed by atoms with Crippen LogP contribution in [0.3, 0.4) is 0 Å². The Balaban J connectivity index is 1.63. The van der Waals surface area contributed by atoms with Crippen molar-refractivity contribution in [1.29, 1.82) is 0 Å². The number of nitrogens with one attached hydrogen (secondary N) is 2. The first kappa shape index (κ1) is 15.6. The first-order valence-corrected chi connectivity index (χ1v) is 9.93. The largest absolute Gasteiger partial charge is 0.374 e. The van der Waals surface area contributed by atoms with Crippen molar-refractivity contribution in [2.75, 3.05) is 37.5 Å². The highest BCUT2D eigenvalue weighted by Gasteiger charge is 2.40. The molecule has 2 aliphatic rings. The molecule has 0 aromatic rings. The van der Waals surface area contributed by atoms with E-state index in [1.807, 2.05) is 11.8 Å². The molecule has 0 radical (unpaired) electrons. The fraction of sp³-hybridized carbons (Fsp3) is 1.00. The van der Waals surface area contributed by atoms with Crippen molar-refractivity contribution in [2.24, 2.45) is 0 Å². The maximum atomic E-state index is 10.9. The highest BCUT2D eigenvalue weighted by molar-refractivity contribution is 7.99. The van der Waals surface area contributed by atoms with Crippen molar-refractivity contribution in [2.45, 2.75) is 37.3 Å².